The predicted molar refractivity (Wildman–Crippen MR) is 91.5 cm³/mol. The molecule has 0 fully saturated rings. The van der Waals surface area contributed by atoms with Crippen molar-refractivity contribution in [1.29, 1.82) is 5.26 Å². The lowest BCUT2D eigenvalue weighted by Gasteiger charge is -2.08. The maximum Gasteiger partial charge on any atom is 0.248 e. The van der Waals surface area contributed by atoms with Crippen molar-refractivity contribution in [2.75, 3.05) is 11.1 Å². The van der Waals surface area contributed by atoms with E-state index < -0.39 is 0 Å². The fraction of sp³-hybridized carbons (Fsp3) is 0.111. The first-order chi connectivity index (χ1) is 11.2. The van der Waals surface area contributed by atoms with E-state index in [0.29, 0.717) is 17.9 Å². The van der Waals surface area contributed by atoms with Crippen LogP contribution in [0.4, 0.5) is 10.1 Å². The Morgan fingerprint density at radius 1 is 1.22 bits per heavy atom. The Bertz CT molecular complexity index is 735. The molecule has 2 aromatic carbocycles. The van der Waals surface area contributed by atoms with Crippen LogP contribution in [0.5, 0.6) is 0 Å². The van der Waals surface area contributed by atoms with Gasteiger partial charge in [0.1, 0.15) is 5.82 Å². The van der Waals surface area contributed by atoms with E-state index in [2.05, 4.69) is 11.4 Å². The van der Waals surface area contributed by atoms with Gasteiger partial charge in [-0.15, -0.1) is 11.8 Å². The molecule has 0 unspecified atom stereocenters. The summed E-state index contributed by atoms with van der Waals surface area (Å²) < 4.78 is 12.8. The molecule has 2 aromatic rings. The van der Waals surface area contributed by atoms with Gasteiger partial charge in [0.15, 0.2) is 0 Å². The normalized spacial score (nSPS) is 10.4. The second-order valence-corrected chi connectivity index (χ2v) is 5.76. The van der Waals surface area contributed by atoms with Crippen molar-refractivity contribution < 1.29 is 9.18 Å². The van der Waals surface area contributed by atoms with Crippen LogP contribution in [0.1, 0.15) is 12.0 Å². The third kappa shape index (κ3) is 5.61. The summed E-state index contributed by atoms with van der Waals surface area (Å²) in [5.74, 6) is 0.104. The molecule has 0 spiro atoms. The first-order valence-electron chi connectivity index (χ1n) is 7.02. The van der Waals surface area contributed by atoms with E-state index in [1.165, 1.54) is 30.0 Å². The Balaban J connectivity index is 1.99. The Kier molecular flexibility index (Phi) is 6.40. The molecule has 0 atom stereocenters. The molecular weight excluding hydrogens is 311 g/mol. The third-order valence-electron chi connectivity index (χ3n) is 2.91. The van der Waals surface area contributed by atoms with Gasteiger partial charge in [0.25, 0.3) is 0 Å². The maximum atomic E-state index is 12.8. The number of thioether (sulfide) groups is 1. The van der Waals surface area contributed by atoms with Crippen molar-refractivity contribution in [1.82, 2.24) is 0 Å². The molecule has 0 radical (unpaired) electrons. The number of nitrogens with zero attached hydrogens (tertiary/aromatic N) is 1. The zero-order valence-electron chi connectivity index (χ0n) is 12.3. The Morgan fingerprint density at radius 3 is 2.70 bits per heavy atom. The Morgan fingerprint density at radius 2 is 1.96 bits per heavy atom. The van der Waals surface area contributed by atoms with Gasteiger partial charge in [-0.05, 0) is 35.9 Å². The predicted octanol–water partition coefficient (Wildman–Crippen LogP) is 4.48. The van der Waals surface area contributed by atoms with Crippen LogP contribution in [0.3, 0.4) is 0 Å². The smallest absolute Gasteiger partial charge is 0.248 e. The molecule has 0 aromatic heterocycles. The lowest BCUT2D eigenvalue weighted by atomic mass is 10.2. The average molecular weight is 326 g/mol. The van der Waals surface area contributed by atoms with Gasteiger partial charge in [0, 0.05) is 23.1 Å². The van der Waals surface area contributed by atoms with Gasteiger partial charge < -0.3 is 5.32 Å². The Labute approximate surface area is 138 Å². The standard InChI is InChI=1S/C18H15FN2OS/c19-15-9-6-14(7-10-15)8-11-18(22)21-16-4-1-2-5-17(16)23-13-3-12-20/h1-2,4-11H,3,13H2,(H,21,22). The van der Waals surface area contributed by atoms with Gasteiger partial charge in [-0.3, -0.25) is 4.79 Å². The van der Waals surface area contributed by atoms with Crippen molar-refractivity contribution in [3.63, 3.8) is 0 Å². The third-order valence-corrected chi connectivity index (χ3v) is 3.99. The zero-order valence-corrected chi connectivity index (χ0v) is 13.1. The molecule has 0 saturated heterocycles. The van der Waals surface area contributed by atoms with Crippen LogP contribution >= 0.6 is 11.8 Å². The molecule has 0 bridgehead atoms. The lowest BCUT2D eigenvalue weighted by molar-refractivity contribution is -0.111. The molecule has 0 saturated carbocycles. The van der Waals surface area contributed by atoms with E-state index in [4.69, 9.17) is 5.26 Å². The van der Waals surface area contributed by atoms with Crippen molar-refractivity contribution in [3.05, 3.63) is 66.0 Å². The van der Waals surface area contributed by atoms with E-state index in [1.807, 2.05) is 24.3 Å². The van der Waals surface area contributed by atoms with E-state index >= 15 is 0 Å². The van der Waals surface area contributed by atoms with Gasteiger partial charge in [0.2, 0.25) is 5.91 Å². The molecule has 1 N–H and O–H groups in total. The van der Waals surface area contributed by atoms with E-state index in [-0.39, 0.29) is 11.7 Å². The summed E-state index contributed by atoms with van der Waals surface area (Å²) in [6, 6.07) is 15.4. The van der Waals surface area contributed by atoms with Crippen LogP contribution in [0.15, 0.2) is 59.5 Å². The van der Waals surface area contributed by atoms with Crippen molar-refractivity contribution in [3.8, 4) is 6.07 Å². The maximum absolute atomic E-state index is 12.8. The number of carbonyl (C=O) groups excluding carboxylic acids is 1. The van der Waals surface area contributed by atoms with Crippen LogP contribution in [0, 0.1) is 17.1 Å². The van der Waals surface area contributed by atoms with Gasteiger partial charge >= 0.3 is 0 Å². The van der Waals surface area contributed by atoms with Crippen molar-refractivity contribution in [2.45, 2.75) is 11.3 Å². The average Bonchev–Trinajstić information content (AvgIpc) is 2.56. The molecule has 3 nitrogen and oxygen atoms in total. The highest BCUT2D eigenvalue weighted by Gasteiger charge is 2.04. The molecule has 0 aliphatic carbocycles. The number of rotatable bonds is 6. The fourth-order valence-corrected chi connectivity index (χ4v) is 2.69. The van der Waals surface area contributed by atoms with E-state index in [0.717, 1.165) is 10.5 Å². The van der Waals surface area contributed by atoms with E-state index in [1.54, 1.807) is 18.2 Å². The van der Waals surface area contributed by atoms with Crippen LogP contribution in [-0.4, -0.2) is 11.7 Å². The van der Waals surface area contributed by atoms with Crippen molar-refractivity contribution in [2.24, 2.45) is 0 Å². The van der Waals surface area contributed by atoms with Gasteiger partial charge in [-0.1, -0.05) is 24.3 Å². The topological polar surface area (TPSA) is 52.9 Å². The number of hydrogen-bond acceptors (Lipinski definition) is 3. The summed E-state index contributed by atoms with van der Waals surface area (Å²) in [5, 5.41) is 11.4. The minimum atomic E-state index is -0.310. The molecule has 2 rings (SSSR count). The number of para-hydroxylation sites is 1. The number of anilines is 1. The molecular formula is C18H15FN2OS. The molecule has 1 amide bonds. The van der Waals surface area contributed by atoms with Crippen LogP contribution in [0.2, 0.25) is 0 Å². The largest absolute Gasteiger partial charge is 0.321 e. The lowest BCUT2D eigenvalue weighted by Crippen LogP contribution is -2.08. The monoisotopic (exact) mass is 326 g/mol. The summed E-state index contributed by atoms with van der Waals surface area (Å²) in [4.78, 5) is 12.9. The Hall–Kier alpha value is -2.58. The molecule has 116 valence electrons. The second-order valence-electron chi connectivity index (χ2n) is 4.63. The van der Waals surface area contributed by atoms with Gasteiger partial charge in [-0.2, -0.15) is 5.26 Å². The summed E-state index contributed by atoms with van der Waals surface area (Å²) in [6.45, 7) is 0. The number of nitrogens with one attached hydrogen (secondary N) is 1. The quantitative estimate of drug-likeness (QED) is 0.483. The van der Waals surface area contributed by atoms with Crippen LogP contribution in [0.25, 0.3) is 6.08 Å². The molecule has 5 heteroatoms. The number of hydrogen-bond donors (Lipinski definition) is 1. The molecule has 0 aliphatic rings. The number of amides is 1. The minimum absolute atomic E-state index is 0.261. The fourth-order valence-electron chi connectivity index (χ4n) is 1.82. The summed E-state index contributed by atoms with van der Waals surface area (Å²) >= 11 is 1.53. The van der Waals surface area contributed by atoms with Gasteiger partial charge in [0.05, 0.1) is 11.8 Å². The number of benzene rings is 2. The first kappa shape index (κ1) is 16.8. The zero-order chi connectivity index (χ0) is 16.5. The summed E-state index contributed by atoms with van der Waals surface area (Å²) in [5.41, 5.74) is 1.46. The number of nitriles is 1. The molecule has 23 heavy (non-hydrogen) atoms. The highest BCUT2D eigenvalue weighted by atomic mass is 32.2. The number of halogens is 1. The number of carbonyl (C=O) groups is 1. The van der Waals surface area contributed by atoms with Crippen LogP contribution < -0.4 is 5.32 Å². The van der Waals surface area contributed by atoms with Crippen molar-refractivity contribution >= 4 is 29.4 Å². The highest BCUT2D eigenvalue weighted by molar-refractivity contribution is 7.99. The first-order valence-corrected chi connectivity index (χ1v) is 8.01. The molecule has 0 heterocycles. The van der Waals surface area contributed by atoms with Crippen LogP contribution in [-0.2, 0) is 4.79 Å². The second kappa shape index (κ2) is 8.76. The highest BCUT2D eigenvalue weighted by Crippen LogP contribution is 2.27. The minimum Gasteiger partial charge on any atom is -0.321 e. The van der Waals surface area contributed by atoms with Gasteiger partial charge in [-0.25, -0.2) is 4.39 Å². The SMILES string of the molecule is N#CCCSc1ccccc1NC(=O)C=Cc1ccc(F)cc1. The molecule has 0 aliphatic heterocycles. The summed E-state index contributed by atoms with van der Waals surface area (Å²) in [7, 11) is 0. The van der Waals surface area contributed by atoms with E-state index in [9.17, 15) is 9.18 Å². The summed E-state index contributed by atoms with van der Waals surface area (Å²) in [6.07, 6.45) is 3.49.